The molecule has 2 rings (SSSR count). The number of rotatable bonds is 8. The minimum atomic E-state index is -1.21. The Kier molecular flexibility index (Phi) is 8.84. The molecule has 5 heteroatoms. The molecule has 1 heterocycles. The van der Waals surface area contributed by atoms with E-state index in [1.807, 2.05) is 11.8 Å². The van der Waals surface area contributed by atoms with E-state index in [2.05, 4.69) is 78.6 Å². The van der Waals surface area contributed by atoms with Gasteiger partial charge in [-0.15, -0.1) is 11.8 Å². The number of benzene rings is 1. The zero-order chi connectivity index (χ0) is 17.4. The molecule has 0 spiro atoms. The molecular weight excluding hydrogens is 447 g/mol. The van der Waals surface area contributed by atoms with Crippen molar-refractivity contribution in [3.8, 4) is 0 Å². The molecule has 1 aromatic carbocycles. The molecule has 0 aromatic heterocycles. The molecule has 24 heavy (non-hydrogen) atoms. The van der Waals surface area contributed by atoms with Crippen LogP contribution in [0.15, 0.2) is 44.5 Å². The van der Waals surface area contributed by atoms with Crippen LogP contribution in [0.3, 0.4) is 0 Å². The number of ether oxygens (including phenoxy) is 2. The lowest BCUT2D eigenvalue weighted by molar-refractivity contribution is -0.182. The maximum Gasteiger partial charge on any atom is 0.158 e. The number of halogens is 1. The summed E-state index contributed by atoms with van der Waals surface area (Å²) in [6.07, 6.45) is 6.97. The minimum Gasteiger partial charge on any atom is -0.353 e. The summed E-state index contributed by atoms with van der Waals surface area (Å²) >= 11 is 4.40. The Hall–Kier alpha value is 0.177. The smallest absolute Gasteiger partial charge is 0.158 e. The molecule has 0 aliphatic carbocycles. The van der Waals surface area contributed by atoms with E-state index >= 15 is 0 Å². The van der Waals surface area contributed by atoms with Gasteiger partial charge in [-0.1, -0.05) is 66.5 Å². The predicted molar refractivity (Wildman–Crippen MR) is 116 cm³/mol. The topological polar surface area (TPSA) is 18.5 Å². The highest BCUT2D eigenvalue weighted by Crippen LogP contribution is 2.26. The van der Waals surface area contributed by atoms with Crippen molar-refractivity contribution in [1.29, 1.82) is 0 Å². The fraction of sp³-hybridized carbons (Fsp3) is 0.579. The van der Waals surface area contributed by atoms with Crippen LogP contribution in [0.25, 0.3) is 0 Å². The third kappa shape index (κ3) is 7.60. The Morgan fingerprint density at radius 1 is 1.33 bits per heavy atom. The molecule has 134 valence electrons. The Labute approximate surface area is 165 Å². The van der Waals surface area contributed by atoms with Gasteiger partial charge in [0, 0.05) is 17.3 Å². The highest BCUT2D eigenvalue weighted by molar-refractivity contribution is 14.1. The normalized spacial score (nSPS) is 20.8. The van der Waals surface area contributed by atoms with Crippen molar-refractivity contribution in [3.05, 3.63) is 39.6 Å². The zero-order valence-electron chi connectivity index (χ0n) is 15.0. The molecular formula is C19H29IO2SSi. The first-order valence-corrected chi connectivity index (χ1v) is 14.3. The molecule has 1 aliphatic rings. The van der Waals surface area contributed by atoms with Gasteiger partial charge >= 0.3 is 0 Å². The van der Waals surface area contributed by atoms with Crippen molar-refractivity contribution in [3.63, 3.8) is 0 Å². The zero-order valence-corrected chi connectivity index (χ0v) is 18.9. The van der Waals surface area contributed by atoms with Crippen LogP contribution in [0, 0.1) is 0 Å². The highest BCUT2D eigenvalue weighted by Gasteiger charge is 2.21. The van der Waals surface area contributed by atoms with Crippen molar-refractivity contribution in [2.24, 2.45) is 0 Å². The molecule has 0 radical (unpaired) electrons. The second kappa shape index (κ2) is 10.4. The molecule has 0 amide bonds. The van der Waals surface area contributed by atoms with E-state index in [4.69, 9.17) is 9.47 Å². The van der Waals surface area contributed by atoms with Gasteiger partial charge in [-0.25, -0.2) is 0 Å². The monoisotopic (exact) mass is 476 g/mol. The standard InChI is InChI=1S/C19H29IO2SSi/c1-24(2,3)18(20)13-12-16(22-19-11-7-8-14-21-19)15-23-17-9-5-4-6-10-17/h4-6,9-10,13,16,19H,7-8,11-12,14-15H2,1-3H3/b18-13-. The molecule has 0 N–H and O–H groups in total. The average molecular weight is 476 g/mol. The second-order valence-electron chi connectivity index (χ2n) is 7.22. The van der Waals surface area contributed by atoms with E-state index in [0.29, 0.717) is 0 Å². The van der Waals surface area contributed by atoms with Crippen molar-refractivity contribution in [2.45, 2.75) is 62.6 Å². The summed E-state index contributed by atoms with van der Waals surface area (Å²) in [5.74, 6) is 0.968. The van der Waals surface area contributed by atoms with Crippen LogP contribution in [0.5, 0.6) is 0 Å². The Balaban J connectivity index is 1.94. The molecule has 1 aliphatic heterocycles. The largest absolute Gasteiger partial charge is 0.353 e. The number of thioether (sulfide) groups is 1. The van der Waals surface area contributed by atoms with Crippen molar-refractivity contribution < 1.29 is 9.47 Å². The van der Waals surface area contributed by atoms with E-state index < -0.39 is 8.07 Å². The van der Waals surface area contributed by atoms with Gasteiger partial charge in [-0.2, -0.15) is 0 Å². The van der Waals surface area contributed by atoms with Crippen LogP contribution in [0.4, 0.5) is 0 Å². The summed E-state index contributed by atoms with van der Waals surface area (Å²) in [5.41, 5.74) is 0. The van der Waals surface area contributed by atoms with Gasteiger partial charge < -0.3 is 9.47 Å². The van der Waals surface area contributed by atoms with Crippen LogP contribution in [-0.2, 0) is 9.47 Å². The van der Waals surface area contributed by atoms with E-state index in [9.17, 15) is 0 Å². The Morgan fingerprint density at radius 2 is 2.08 bits per heavy atom. The van der Waals surface area contributed by atoms with E-state index in [1.165, 1.54) is 14.5 Å². The van der Waals surface area contributed by atoms with Gasteiger partial charge in [0.25, 0.3) is 0 Å². The molecule has 0 saturated carbocycles. The fourth-order valence-corrected chi connectivity index (χ4v) is 4.37. The Morgan fingerprint density at radius 3 is 2.71 bits per heavy atom. The molecule has 2 atom stereocenters. The van der Waals surface area contributed by atoms with Gasteiger partial charge in [0.15, 0.2) is 6.29 Å². The average Bonchev–Trinajstić information content (AvgIpc) is 2.58. The Bertz CT molecular complexity index is 510. The second-order valence-corrected chi connectivity index (χ2v) is 15.5. The maximum absolute atomic E-state index is 6.30. The summed E-state index contributed by atoms with van der Waals surface area (Å²) in [6.45, 7) is 8.02. The minimum absolute atomic E-state index is 0.0157. The van der Waals surface area contributed by atoms with E-state index in [-0.39, 0.29) is 12.4 Å². The van der Waals surface area contributed by atoms with Gasteiger partial charge in [0.2, 0.25) is 0 Å². The van der Waals surface area contributed by atoms with Crippen LogP contribution in [-0.4, -0.2) is 32.8 Å². The molecule has 2 nitrogen and oxygen atoms in total. The van der Waals surface area contributed by atoms with Crippen molar-refractivity contribution >= 4 is 42.4 Å². The van der Waals surface area contributed by atoms with E-state index in [1.54, 1.807) is 0 Å². The summed E-state index contributed by atoms with van der Waals surface area (Å²) in [4.78, 5) is 1.31. The van der Waals surface area contributed by atoms with Gasteiger partial charge in [0.1, 0.15) is 0 Å². The quantitative estimate of drug-likeness (QED) is 0.250. The number of hydrogen-bond donors (Lipinski definition) is 0. The first kappa shape index (κ1) is 20.5. The van der Waals surface area contributed by atoms with Crippen LogP contribution < -0.4 is 0 Å². The van der Waals surface area contributed by atoms with Gasteiger partial charge in [0.05, 0.1) is 14.2 Å². The van der Waals surface area contributed by atoms with E-state index in [0.717, 1.165) is 31.6 Å². The van der Waals surface area contributed by atoms with Crippen LogP contribution >= 0.6 is 34.4 Å². The predicted octanol–water partition coefficient (Wildman–Crippen LogP) is 6.28. The third-order valence-corrected chi connectivity index (χ3v) is 12.0. The van der Waals surface area contributed by atoms with Crippen molar-refractivity contribution in [1.82, 2.24) is 0 Å². The first-order chi connectivity index (χ1) is 11.4. The number of hydrogen-bond acceptors (Lipinski definition) is 3. The summed E-state index contributed by atoms with van der Waals surface area (Å²) in [7, 11) is -1.21. The molecule has 0 bridgehead atoms. The summed E-state index contributed by atoms with van der Waals surface area (Å²) < 4.78 is 13.6. The molecule has 1 saturated heterocycles. The molecule has 1 fully saturated rings. The van der Waals surface area contributed by atoms with Crippen molar-refractivity contribution in [2.75, 3.05) is 12.4 Å². The highest BCUT2D eigenvalue weighted by atomic mass is 127. The fourth-order valence-electron chi connectivity index (χ4n) is 2.44. The SMILES string of the molecule is C[Si](C)(C)/C(I)=C\CC(CSc1ccccc1)OC1CCCCO1. The lowest BCUT2D eigenvalue weighted by Crippen LogP contribution is -2.29. The van der Waals surface area contributed by atoms with Gasteiger partial charge in [-0.3, -0.25) is 0 Å². The lowest BCUT2D eigenvalue weighted by Gasteiger charge is -2.27. The summed E-state index contributed by atoms with van der Waals surface area (Å²) in [5, 5.41) is 0. The maximum atomic E-state index is 6.30. The molecule has 1 aromatic rings. The first-order valence-electron chi connectivity index (χ1n) is 8.76. The molecule has 2 unspecified atom stereocenters. The van der Waals surface area contributed by atoms with Crippen LogP contribution in [0.2, 0.25) is 19.6 Å². The van der Waals surface area contributed by atoms with Crippen LogP contribution in [0.1, 0.15) is 25.7 Å². The third-order valence-electron chi connectivity index (χ3n) is 3.94. The summed E-state index contributed by atoms with van der Waals surface area (Å²) in [6, 6.07) is 10.6. The van der Waals surface area contributed by atoms with Gasteiger partial charge in [-0.05, 0) is 41.0 Å². The lowest BCUT2D eigenvalue weighted by atomic mass is 10.2.